The molecule has 0 unspecified atom stereocenters. The Hall–Kier alpha value is -1.51. The van der Waals surface area contributed by atoms with Crippen LogP contribution in [0.5, 0.6) is 0 Å². The lowest BCUT2D eigenvalue weighted by Gasteiger charge is -2.37. The molecule has 0 aliphatic carbocycles. The first-order valence-corrected chi connectivity index (χ1v) is 8.90. The van der Waals surface area contributed by atoms with Crippen LogP contribution in [0, 0.1) is 6.92 Å². The summed E-state index contributed by atoms with van der Waals surface area (Å²) in [7, 11) is 0. The zero-order chi connectivity index (χ0) is 17.5. The highest BCUT2D eigenvalue weighted by molar-refractivity contribution is 5.68. The monoisotopic (exact) mass is 319 g/mol. The second kappa shape index (κ2) is 8.95. The van der Waals surface area contributed by atoms with E-state index >= 15 is 0 Å². The molecule has 1 heterocycles. The highest BCUT2D eigenvalue weighted by atomic mass is 16.6. The van der Waals surface area contributed by atoms with Crippen LogP contribution >= 0.6 is 0 Å². The molecule has 1 aliphatic rings. The van der Waals surface area contributed by atoms with Gasteiger partial charge in [0.15, 0.2) is 0 Å². The summed E-state index contributed by atoms with van der Waals surface area (Å²) in [5.41, 5.74) is 2.13. The van der Waals surface area contributed by atoms with E-state index in [1.807, 2.05) is 39.5 Å². The minimum Gasteiger partial charge on any atom is -0.444 e. The molecule has 0 saturated carbocycles. The molecule has 0 spiro atoms. The smallest absolute Gasteiger partial charge is 0.410 e. The van der Waals surface area contributed by atoms with Gasteiger partial charge in [-0.05, 0) is 58.9 Å². The van der Waals surface area contributed by atoms with Gasteiger partial charge in [0.05, 0.1) is 0 Å². The number of hydrogen-bond donors (Lipinski definition) is 0. The molecule has 1 saturated heterocycles. The van der Waals surface area contributed by atoms with Crippen molar-refractivity contribution in [2.45, 2.75) is 78.9 Å². The highest BCUT2D eigenvalue weighted by Gasteiger charge is 2.30. The SMILES string of the molecule is CC.Cc1ccc(C[C@@H]2CCCCN2C(=O)OC(C)(C)C)cc1. The van der Waals surface area contributed by atoms with Crippen molar-refractivity contribution in [1.82, 2.24) is 4.90 Å². The number of likely N-dealkylation sites (tertiary alicyclic amines) is 1. The molecule has 0 bridgehead atoms. The number of aryl methyl sites for hydroxylation is 1. The predicted octanol–water partition coefficient (Wildman–Crippen LogP) is 5.35. The molecule has 0 radical (unpaired) electrons. The van der Waals surface area contributed by atoms with Crippen LogP contribution in [0.4, 0.5) is 4.79 Å². The van der Waals surface area contributed by atoms with Gasteiger partial charge in [-0.15, -0.1) is 0 Å². The molecule has 23 heavy (non-hydrogen) atoms. The van der Waals surface area contributed by atoms with Crippen LogP contribution in [0.15, 0.2) is 24.3 Å². The van der Waals surface area contributed by atoms with E-state index in [4.69, 9.17) is 4.74 Å². The number of benzene rings is 1. The van der Waals surface area contributed by atoms with Gasteiger partial charge in [0.25, 0.3) is 0 Å². The van der Waals surface area contributed by atoms with Crippen molar-refractivity contribution in [2.75, 3.05) is 6.54 Å². The van der Waals surface area contributed by atoms with Crippen LogP contribution in [-0.2, 0) is 11.2 Å². The minimum absolute atomic E-state index is 0.167. The summed E-state index contributed by atoms with van der Waals surface area (Å²) in [5.74, 6) is 0. The van der Waals surface area contributed by atoms with Gasteiger partial charge in [-0.25, -0.2) is 4.79 Å². The third-order valence-electron chi connectivity index (χ3n) is 3.85. The van der Waals surface area contributed by atoms with Gasteiger partial charge in [0.1, 0.15) is 5.60 Å². The van der Waals surface area contributed by atoms with Crippen LogP contribution in [-0.4, -0.2) is 29.2 Å². The summed E-state index contributed by atoms with van der Waals surface area (Å²) < 4.78 is 5.55. The van der Waals surface area contributed by atoms with Crippen LogP contribution in [0.25, 0.3) is 0 Å². The number of carbonyl (C=O) groups excluding carboxylic acids is 1. The molecular formula is C20H33NO2. The summed E-state index contributed by atoms with van der Waals surface area (Å²) in [5, 5.41) is 0. The maximum atomic E-state index is 12.4. The summed E-state index contributed by atoms with van der Waals surface area (Å²) in [6.07, 6.45) is 4.07. The second-order valence-corrected chi connectivity index (χ2v) is 7.01. The van der Waals surface area contributed by atoms with Gasteiger partial charge in [-0.1, -0.05) is 43.7 Å². The van der Waals surface area contributed by atoms with Crippen LogP contribution in [0.2, 0.25) is 0 Å². The van der Waals surface area contributed by atoms with Crippen molar-refractivity contribution >= 4 is 6.09 Å². The first-order valence-electron chi connectivity index (χ1n) is 8.90. The van der Waals surface area contributed by atoms with Crippen molar-refractivity contribution in [3.63, 3.8) is 0 Å². The summed E-state index contributed by atoms with van der Waals surface area (Å²) in [4.78, 5) is 14.3. The van der Waals surface area contributed by atoms with Gasteiger partial charge in [0, 0.05) is 12.6 Å². The largest absolute Gasteiger partial charge is 0.444 e. The molecule has 130 valence electrons. The van der Waals surface area contributed by atoms with E-state index in [-0.39, 0.29) is 12.1 Å². The van der Waals surface area contributed by atoms with Crippen molar-refractivity contribution < 1.29 is 9.53 Å². The Balaban J connectivity index is 0.00000127. The Morgan fingerprint density at radius 1 is 1.17 bits per heavy atom. The number of piperidine rings is 1. The lowest BCUT2D eigenvalue weighted by atomic mass is 9.95. The van der Waals surface area contributed by atoms with Gasteiger partial charge in [0.2, 0.25) is 0 Å². The fourth-order valence-electron chi connectivity index (χ4n) is 2.77. The molecular weight excluding hydrogens is 286 g/mol. The molecule has 1 aromatic rings. The van der Waals surface area contributed by atoms with Gasteiger partial charge in [-0.3, -0.25) is 0 Å². The fraction of sp³-hybridized carbons (Fsp3) is 0.650. The standard InChI is InChI=1S/C18H27NO2.C2H6/c1-14-8-10-15(11-9-14)13-16-7-5-6-12-19(16)17(20)21-18(2,3)4;1-2/h8-11,16H,5-7,12-13H2,1-4H3;1-2H3/t16-;/m0./s1. The number of ether oxygens (including phenoxy) is 1. The minimum atomic E-state index is -0.428. The number of amides is 1. The predicted molar refractivity (Wildman–Crippen MR) is 96.8 cm³/mol. The molecule has 0 N–H and O–H groups in total. The highest BCUT2D eigenvalue weighted by Crippen LogP contribution is 2.23. The second-order valence-electron chi connectivity index (χ2n) is 7.01. The van der Waals surface area contributed by atoms with Crippen molar-refractivity contribution in [2.24, 2.45) is 0 Å². The Labute approximate surface area is 142 Å². The third-order valence-corrected chi connectivity index (χ3v) is 3.85. The molecule has 1 fully saturated rings. The third kappa shape index (κ3) is 6.64. The maximum absolute atomic E-state index is 12.4. The topological polar surface area (TPSA) is 29.5 Å². The van der Waals surface area contributed by atoms with E-state index < -0.39 is 5.60 Å². The van der Waals surface area contributed by atoms with Crippen molar-refractivity contribution in [3.05, 3.63) is 35.4 Å². The fourth-order valence-corrected chi connectivity index (χ4v) is 2.77. The molecule has 3 nitrogen and oxygen atoms in total. The molecule has 1 aliphatic heterocycles. The molecule has 1 amide bonds. The number of rotatable bonds is 2. The Kier molecular flexibility index (Phi) is 7.60. The Morgan fingerprint density at radius 3 is 2.35 bits per heavy atom. The quantitative estimate of drug-likeness (QED) is 0.735. The van der Waals surface area contributed by atoms with E-state index in [0.717, 1.165) is 25.8 Å². The molecule has 0 aromatic heterocycles. The van der Waals surface area contributed by atoms with Crippen molar-refractivity contribution in [3.8, 4) is 0 Å². The summed E-state index contributed by atoms with van der Waals surface area (Å²) in [6.45, 7) is 12.7. The van der Waals surface area contributed by atoms with E-state index in [2.05, 4.69) is 31.2 Å². The lowest BCUT2D eigenvalue weighted by Crippen LogP contribution is -2.47. The number of hydrogen-bond acceptors (Lipinski definition) is 2. The van der Waals surface area contributed by atoms with Crippen molar-refractivity contribution in [1.29, 1.82) is 0 Å². The van der Waals surface area contributed by atoms with E-state index in [1.165, 1.54) is 17.5 Å². The van der Waals surface area contributed by atoms with Gasteiger partial charge in [-0.2, -0.15) is 0 Å². The average molecular weight is 319 g/mol. The van der Waals surface area contributed by atoms with E-state index in [9.17, 15) is 4.79 Å². The average Bonchev–Trinajstić information content (AvgIpc) is 2.50. The first kappa shape index (κ1) is 19.5. The summed E-state index contributed by atoms with van der Waals surface area (Å²) >= 11 is 0. The Morgan fingerprint density at radius 2 is 1.78 bits per heavy atom. The normalized spacial score (nSPS) is 18.0. The Bertz CT molecular complexity index is 473. The van der Waals surface area contributed by atoms with E-state index in [1.54, 1.807) is 0 Å². The number of nitrogens with zero attached hydrogens (tertiary/aromatic N) is 1. The zero-order valence-corrected chi connectivity index (χ0v) is 15.7. The van der Waals surface area contributed by atoms with Crippen LogP contribution in [0.3, 0.4) is 0 Å². The molecule has 3 heteroatoms. The van der Waals surface area contributed by atoms with E-state index in [0.29, 0.717) is 0 Å². The zero-order valence-electron chi connectivity index (χ0n) is 15.7. The molecule has 2 rings (SSSR count). The van der Waals surface area contributed by atoms with Crippen LogP contribution in [0.1, 0.15) is 65.0 Å². The number of carbonyl (C=O) groups is 1. The van der Waals surface area contributed by atoms with Gasteiger partial charge < -0.3 is 9.64 Å². The molecule has 1 aromatic carbocycles. The summed E-state index contributed by atoms with van der Waals surface area (Å²) in [6, 6.07) is 8.86. The lowest BCUT2D eigenvalue weighted by molar-refractivity contribution is 0.00995. The van der Waals surface area contributed by atoms with Gasteiger partial charge >= 0.3 is 6.09 Å². The first-order chi connectivity index (χ1) is 10.8. The van der Waals surface area contributed by atoms with Crippen LogP contribution < -0.4 is 0 Å². The molecule has 1 atom stereocenters. The maximum Gasteiger partial charge on any atom is 0.410 e.